The molecule has 1 amide bonds. The number of carbonyl (C=O) groups excluding carboxylic acids is 1. The van der Waals surface area contributed by atoms with Crippen molar-refractivity contribution >= 4 is 11.7 Å². The van der Waals surface area contributed by atoms with E-state index in [-0.39, 0.29) is 30.5 Å². The number of aliphatic hydroxyl groups is 1. The lowest BCUT2D eigenvalue weighted by atomic mass is 10.2. The number of nitrogens with zero attached hydrogens (tertiary/aromatic N) is 2. The van der Waals surface area contributed by atoms with Gasteiger partial charge in [-0.25, -0.2) is 4.39 Å². The molecule has 148 valence electrons. The van der Waals surface area contributed by atoms with Crippen molar-refractivity contribution < 1.29 is 28.2 Å². The van der Waals surface area contributed by atoms with Gasteiger partial charge in [0.25, 0.3) is 5.91 Å². The van der Waals surface area contributed by atoms with E-state index >= 15 is 0 Å². The molecule has 2 heterocycles. The van der Waals surface area contributed by atoms with Crippen LogP contribution in [0.4, 0.5) is 14.6 Å². The summed E-state index contributed by atoms with van der Waals surface area (Å²) in [6, 6.07) is 5.43. The molecule has 1 fully saturated rings. The minimum absolute atomic E-state index is 0.0694. The minimum atomic E-state index is -0.940. The van der Waals surface area contributed by atoms with E-state index in [0.717, 1.165) is 18.9 Å². The number of rotatable bonds is 4. The zero-order valence-corrected chi connectivity index (χ0v) is 15.4. The molecule has 0 saturated carbocycles. The average molecular weight is 383 g/mol. The first-order valence-electron chi connectivity index (χ1n) is 8.43. The fourth-order valence-corrected chi connectivity index (χ4v) is 2.56. The Hall–Kier alpha value is -2.52. The second kappa shape index (κ2) is 9.43. The minimum Gasteiger partial charge on any atom is -0.494 e. The largest absolute Gasteiger partial charge is 0.494 e. The number of anilines is 1. The molecule has 1 aromatic carbocycles. The van der Waals surface area contributed by atoms with Crippen LogP contribution >= 0.6 is 0 Å². The van der Waals surface area contributed by atoms with Crippen molar-refractivity contribution in [1.82, 2.24) is 9.78 Å². The number of amides is 1. The Morgan fingerprint density at radius 1 is 1.44 bits per heavy atom. The van der Waals surface area contributed by atoms with Gasteiger partial charge >= 0.3 is 0 Å². The van der Waals surface area contributed by atoms with Crippen molar-refractivity contribution in [2.75, 3.05) is 12.4 Å². The van der Waals surface area contributed by atoms with E-state index in [9.17, 15) is 13.6 Å². The molecular formula is C18H23F2N3O4. The monoisotopic (exact) mass is 383 g/mol. The maximum absolute atomic E-state index is 12.5. The molecule has 0 spiro atoms. The quantitative estimate of drug-likeness (QED) is 0.847. The molecule has 0 bridgehead atoms. The summed E-state index contributed by atoms with van der Waals surface area (Å²) in [6.45, 7) is 1.82. The molecule has 1 aromatic heterocycles. The number of aryl methyl sites for hydroxylation is 1. The fourth-order valence-electron chi connectivity index (χ4n) is 2.56. The van der Waals surface area contributed by atoms with Gasteiger partial charge in [0.1, 0.15) is 11.9 Å². The molecule has 9 heteroatoms. The third kappa shape index (κ3) is 5.48. The molecule has 3 rings (SSSR count). The zero-order valence-electron chi connectivity index (χ0n) is 15.4. The van der Waals surface area contributed by atoms with Gasteiger partial charge in [-0.05, 0) is 31.9 Å². The molecular weight excluding hydrogens is 360 g/mol. The molecule has 1 saturated heterocycles. The summed E-state index contributed by atoms with van der Waals surface area (Å²) in [6.07, 6.45) is 1.42. The van der Waals surface area contributed by atoms with Gasteiger partial charge < -0.3 is 19.9 Å². The first-order valence-corrected chi connectivity index (χ1v) is 8.43. The number of benzene rings is 1. The number of methoxy groups -OCH3 is 1. The average Bonchev–Trinajstić information content (AvgIpc) is 3.24. The lowest BCUT2D eigenvalue weighted by Crippen LogP contribution is -2.28. The Morgan fingerprint density at radius 3 is 2.70 bits per heavy atom. The number of carbonyl (C=O) groups is 1. The first-order chi connectivity index (χ1) is 12.8. The molecule has 2 unspecified atom stereocenters. The maximum Gasteiger partial charge on any atom is 0.254 e. The van der Waals surface area contributed by atoms with Gasteiger partial charge in [-0.1, -0.05) is 6.07 Å². The Morgan fingerprint density at radius 2 is 2.19 bits per heavy atom. The summed E-state index contributed by atoms with van der Waals surface area (Å²) < 4.78 is 36.3. The van der Waals surface area contributed by atoms with E-state index in [0.29, 0.717) is 11.5 Å². The normalized spacial score (nSPS) is 18.6. The van der Waals surface area contributed by atoms with Gasteiger partial charge in [0.2, 0.25) is 5.82 Å². The number of aromatic nitrogens is 2. The van der Waals surface area contributed by atoms with Gasteiger partial charge in [-0.3, -0.25) is 9.48 Å². The second-order valence-corrected chi connectivity index (χ2v) is 6.06. The molecule has 0 aliphatic carbocycles. The van der Waals surface area contributed by atoms with Crippen LogP contribution in [0, 0.1) is 11.6 Å². The number of hydrogen-bond acceptors (Lipinski definition) is 5. The molecule has 1 aliphatic heterocycles. The summed E-state index contributed by atoms with van der Waals surface area (Å²) in [4.78, 5) is 11.9. The molecule has 2 atom stereocenters. The van der Waals surface area contributed by atoms with Crippen molar-refractivity contribution in [2.45, 2.75) is 38.6 Å². The highest BCUT2D eigenvalue weighted by molar-refractivity contribution is 5.93. The Balaban J connectivity index is 0.000000223. The summed E-state index contributed by atoms with van der Waals surface area (Å²) in [5.41, 5.74) is 0.531. The SMILES string of the molecule is CC1CCC(C(=O)Nc2cc(CO)nn2C)O1.COc1cccc(F)c1F. The van der Waals surface area contributed by atoms with Crippen LogP contribution in [0.2, 0.25) is 0 Å². The van der Waals surface area contributed by atoms with Gasteiger partial charge in [-0.15, -0.1) is 0 Å². The standard InChI is InChI=1S/C11H17N3O3.C7H6F2O/c1-7-3-4-9(17-7)11(16)12-10-5-8(6-15)13-14(10)2;1-10-6-4-2-3-5(8)7(6)9/h5,7,9,15H,3-4,6H2,1-2H3,(H,12,16);2-4H,1H3. The Bertz CT molecular complexity index is 782. The summed E-state index contributed by atoms with van der Waals surface area (Å²) in [5.74, 6) is -1.48. The Kier molecular flexibility index (Phi) is 7.26. The lowest BCUT2D eigenvalue weighted by molar-refractivity contribution is -0.126. The molecule has 7 nitrogen and oxygen atoms in total. The third-order valence-electron chi connectivity index (χ3n) is 4.00. The number of ether oxygens (including phenoxy) is 2. The smallest absolute Gasteiger partial charge is 0.254 e. The van der Waals surface area contributed by atoms with Crippen LogP contribution in [-0.4, -0.2) is 40.1 Å². The molecule has 1 aliphatic rings. The molecule has 27 heavy (non-hydrogen) atoms. The second-order valence-electron chi connectivity index (χ2n) is 6.06. The number of aliphatic hydroxyl groups excluding tert-OH is 1. The van der Waals surface area contributed by atoms with Gasteiger partial charge in [0.15, 0.2) is 11.6 Å². The third-order valence-corrected chi connectivity index (χ3v) is 4.00. The van der Waals surface area contributed by atoms with Crippen LogP contribution in [-0.2, 0) is 23.2 Å². The lowest BCUT2D eigenvalue weighted by Gasteiger charge is -2.11. The van der Waals surface area contributed by atoms with Crippen LogP contribution in [0.5, 0.6) is 5.75 Å². The van der Waals surface area contributed by atoms with E-state index in [2.05, 4.69) is 15.2 Å². The topological polar surface area (TPSA) is 85.6 Å². The molecule has 2 aromatic rings. The van der Waals surface area contributed by atoms with Crippen molar-refractivity contribution in [3.05, 3.63) is 41.6 Å². The first kappa shape index (κ1) is 20.8. The fraction of sp³-hybridized carbons (Fsp3) is 0.444. The molecule has 0 radical (unpaired) electrons. The van der Waals surface area contributed by atoms with E-state index in [1.165, 1.54) is 23.9 Å². The summed E-state index contributed by atoms with van der Waals surface area (Å²) in [5, 5.41) is 15.7. The van der Waals surface area contributed by atoms with Gasteiger partial charge in [0, 0.05) is 13.1 Å². The highest BCUT2D eigenvalue weighted by Gasteiger charge is 2.28. The summed E-state index contributed by atoms with van der Waals surface area (Å²) in [7, 11) is 3.00. The predicted molar refractivity (Wildman–Crippen MR) is 94.2 cm³/mol. The van der Waals surface area contributed by atoms with E-state index < -0.39 is 11.6 Å². The highest BCUT2D eigenvalue weighted by atomic mass is 19.2. The molecule has 2 N–H and O–H groups in total. The zero-order chi connectivity index (χ0) is 20.0. The number of halogens is 2. The highest BCUT2D eigenvalue weighted by Crippen LogP contribution is 2.21. The van der Waals surface area contributed by atoms with Crippen LogP contribution in [0.1, 0.15) is 25.5 Å². The van der Waals surface area contributed by atoms with Crippen LogP contribution in [0.25, 0.3) is 0 Å². The van der Waals surface area contributed by atoms with Crippen molar-refractivity contribution in [3.63, 3.8) is 0 Å². The van der Waals surface area contributed by atoms with Crippen molar-refractivity contribution in [3.8, 4) is 5.75 Å². The predicted octanol–water partition coefficient (Wildman–Crippen LogP) is 2.39. The van der Waals surface area contributed by atoms with E-state index in [4.69, 9.17) is 9.84 Å². The van der Waals surface area contributed by atoms with Crippen molar-refractivity contribution in [1.29, 1.82) is 0 Å². The van der Waals surface area contributed by atoms with E-state index in [1.54, 1.807) is 13.1 Å². The van der Waals surface area contributed by atoms with Crippen LogP contribution in [0.3, 0.4) is 0 Å². The van der Waals surface area contributed by atoms with Gasteiger partial charge in [-0.2, -0.15) is 9.49 Å². The van der Waals surface area contributed by atoms with Gasteiger partial charge in [0.05, 0.1) is 25.5 Å². The van der Waals surface area contributed by atoms with Crippen LogP contribution < -0.4 is 10.1 Å². The van der Waals surface area contributed by atoms with Crippen LogP contribution in [0.15, 0.2) is 24.3 Å². The van der Waals surface area contributed by atoms with E-state index in [1.807, 2.05) is 6.92 Å². The Labute approximate surface area is 155 Å². The number of hydrogen-bond donors (Lipinski definition) is 2. The summed E-state index contributed by atoms with van der Waals surface area (Å²) >= 11 is 0. The number of nitrogens with one attached hydrogen (secondary N) is 1. The maximum atomic E-state index is 12.5. The van der Waals surface area contributed by atoms with Crippen molar-refractivity contribution in [2.24, 2.45) is 7.05 Å².